The molecule has 1 heterocycles. The fourth-order valence-corrected chi connectivity index (χ4v) is 4.71. The lowest BCUT2D eigenvalue weighted by Crippen LogP contribution is -2.21. The molecule has 1 unspecified atom stereocenters. The third-order valence-corrected chi connectivity index (χ3v) is 6.21. The van der Waals surface area contributed by atoms with Gasteiger partial charge in [0.15, 0.2) is 0 Å². The van der Waals surface area contributed by atoms with Crippen molar-refractivity contribution in [1.82, 2.24) is 4.90 Å². The van der Waals surface area contributed by atoms with Crippen LogP contribution in [0.5, 0.6) is 0 Å². The van der Waals surface area contributed by atoms with Crippen LogP contribution < -0.4 is 0 Å². The Morgan fingerprint density at radius 1 is 1.04 bits per heavy atom. The van der Waals surface area contributed by atoms with Crippen LogP contribution in [0.1, 0.15) is 47.9 Å². The number of carboxylic acids is 1. The molecule has 1 N–H and O–H groups in total. The zero-order valence-corrected chi connectivity index (χ0v) is 16.4. The van der Waals surface area contributed by atoms with Crippen LogP contribution in [-0.2, 0) is 17.6 Å². The van der Waals surface area contributed by atoms with E-state index in [9.17, 15) is 4.79 Å². The lowest BCUT2D eigenvalue weighted by molar-refractivity contribution is -0.137. The molecule has 28 heavy (non-hydrogen) atoms. The van der Waals surface area contributed by atoms with Gasteiger partial charge in [0.1, 0.15) is 0 Å². The Balaban J connectivity index is 1.47. The second-order valence-corrected chi connectivity index (χ2v) is 8.11. The maximum absolute atomic E-state index is 10.8. The molecule has 4 rings (SSSR count). The first-order chi connectivity index (χ1) is 13.7. The van der Waals surface area contributed by atoms with Crippen molar-refractivity contribution in [3.05, 3.63) is 76.9 Å². The average Bonchev–Trinajstić information content (AvgIpc) is 3.10. The number of nitrogens with zero attached hydrogens (tertiary/aromatic N) is 1. The minimum atomic E-state index is -0.672. The van der Waals surface area contributed by atoms with E-state index in [0.717, 1.165) is 51.7 Å². The first-order valence-electron chi connectivity index (χ1n) is 10.5. The largest absolute Gasteiger partial charge is 0.481 e. The van der Waals surface area contributed by atoms with E-state index in [0.29, 0.717) is 12.3 Å². The van der Waals surface area contributed by atoms with Gasteiger partial charge in [-0.2, -0.15) is 0 Å². The van der Waals surface area contributed by atoms with E-state index >= 15 is 0 Å². The lowest BCUT2D eigenvalue weighted by Gasteiger charge is -2.16. The number of carbonyl (C=O) groups is 1. The monoisotopic (exact) mass is 375 g/mol. The van der Waals surface area contributed by atoms with Gasteiger partial charge in [-0.25, -0.2) is 0 Å². The molecular weight excluding hydrogens is 346 g/mol. The number of rotatable bonds is 6. The second kappa shape index (κ2) is 8.74. The van der Waals surface area contributed by atoms with Crippen LogP contribution in [0.4, 0.5) is 0 Å². The number of benzene rings is 2. The van der Waals surface area contributed by atoms with E-state index in [1.807, 2.05) is 0 Å². The van der Waals surface area contributed by atoms with Crippen molar-refractivity contribution < 1.29 is 9.90 Å². The van der Waals surface area contributed by atoms with Crippen LogP contribution in [0.15, 0.2) is 54.6 Å². The van der Waals surface area contributed by atoms with Gasteiger partial charge in [0.05, 0.1) is 0 Å². The van der Waals surface area contributed by atoms with E-state index in [2.05, 4.69) is 59.5 Å². The highest BCUT2D eigenvalue weighted by Gasteiger charge is 2.22. The lowest BCUT2D eigenvalue weighted by atomic mass is 9.93. The smallest absolute Gasteiger partial charge is 0.303 e. The SMILES string of the molecule is O=C(O)CCC1CCN(CCC=C2c3ccccc3CCc3ccccc32)C1. The van der Waals surface area contributed by atoms with Crippen LogP contribution in [0.25, 0.3) is 5.57 Å². The normalized spacial score (nSPS) is 19.0. The molecule has 146 valence electrons. The van der Waals surface area contributed by atoms with Gasteiger partial charge in [-0.05, 0) is 72.4 Å². The minimum Gasteiger partial charge on any atom is -0.481 e. The maximum atomic E-state index is 10.8. The third-order valence-electron chi connectivity index (χ3n) is 6.21. The topological polar surface area (TPSA) is 40.5 Å². The van der Waals surface area contributed by atoms with Crippen molar-refractivity contribution in [3.8, 4) is 0 Å². The summed E-state index contributed by atoms with van der Waals surface area (Å²) in [5, 5.41) is 8.89. The molecule has 1 aliphatic heterocycles. The summed E-state index contributed by atoms with van der Waals surface area (Å²) in [7, 11) is 0. The van der Waals surface area contributed by atoms with Crippen molar-refractivity contribution in [2.45, 2.75) is 38.5 Å². The fraction of sp³-hybridized carbons (Fsp3) is 0.400. The number of likely N-dealkylation sites (tertiary alicyclic amines) is 1. The molecule has 3 heteroatoms. The van der Waals surface area contributed by atoms with E-state index in [-0.39, 0.29) is 0 Å². The van der Waals surface area contributed by atoms with E-state index in [1.54, 1.807) is 0 Å². The number of hydrogen-bond donors (Lipinski definition) is 1. The quantitative estimate of drug-likeness (QED) is 0.789. The maximum Gasteiger partial charge on any atom is 0.303 e. The van der Waals surface area contributed by atoms with Gasteiger partial charge < -0.3 is 10.0 Å². The standard InChI is InChI=1S/C25H29NO2/c27-25(28)14-11-19-15-17-26(18-19)16-5-10-24-22-8-3-1-6-20(22)12-13-21-7-2-4-9-23(21)24/h1-4,6-10,19H,5,11-18H2,(H,27,28). The third kappa shape index (κ3) is 4.36. The molecule has 1 saturated heterocycles. The summed E-state index contributed by atoms with van der Waals surface area (Å²) in [6.45, 7) is 3.20. The number of fused-ring (bicyclic) bond motifs is 2. The van der Waals surface area contributed by atoms with Crippen LogP contribution in [0, 0.1) is 5.92 Å². The average molecular weight is 376 g/mol. The molecular formula is C25H29NO2. The van der Waals surface area contributed by atoms with Crippen LogP contribution in [0.2, 0.25) is 0 Å². The van der Waals surface area contributed by atoms with Crippen molar-refractivity contribution in [3.63, 3.8) is 0 Å². The zero-order valence-electron chi connectivity index (χ0n) is 16.4. The van der Waals surface area contributed by atoms with Gasteiger partial charge in [0.25, 0.3) is 0 Å². The molecule has 2 aromatic carbocycles. The number of hydrogen-bond acceptors (Lipinski definition) is 2. The molecule has 3 nitrogen and oxygen atoms in total. The Kier molecular flexibility index (Phi) is 5.92. The van der Waals surface area contributed by atoms with Gasteiger partial charge in [-0.3, -0.25) is 4.79 Å². The van der Waals surface area contributed by atoms with E-state index in [4.69, 9.17) is 5.11 Å². The van der Waals surface area contributed by atoms with E-state index in [1.165, 1.54) is 27.8 Å². The molecule has 2 aromatic rings. The molecule has 1 fully saturated rings. The predicted molar refractivity (Wildman–Crippen MR) is 113 cm³/mol. The highest BCUT2D eigenvalue weighted by Crippen LogP contribution is 2.33. The Morgan fingerprint density at radius 3 is 2.32 bits per heavy atom. The van der Waals surface area contributed by atoms with Gasteiger partial charge in [-0.1, -0.05) is 54.6 Å². The molecule has 0 amide bonds. The number of aliphatic carboxylic acids is 1. The molecule has 0 radical (unpaired) electrons. The van der Waals surface area contributed by atoms with Crippen molar-refractivity contribution in [2.75, 3.05) is 19.6 Å². The first kappa shape index (κ1) is 18.9. The molecule has 0 bridgehead atoms. The first-order valence-corrected chi connectivity index (χ1v) is 10.5. The Labute approximate surface area is 167 Å². The van der Waals surface area contributed by atoms with Crippen molar-refractivity contribution >= 4 is 11.5 Å². The number of aryl methyl sites for hydroxylation is 2. The minimum absolute atomic E-state index is 0.302. The summed E-state index contributed by atoms with van der Waals surface area (Å²) in [6.07, 6.45) is 7.90. The van der Waals surface area contributed by atoms with Gasteiger partial charge >= 0.3 is 5.97 Å². The van der Waals surface area contributed by atoms with Gasteiger partial charge in [0.2, 0.25) is 0 Å². The number of carboxylic acid groups (broad SMARTS) is 1. The fourth-order valence-electron chi connectivity index (χ4n) is 4.71. The molecule has 0 spiro atoms. The summed E-state index contributed by atoms with van der Waals surface area (Å²) in [5.41, 5.74) is 7.03. The summed E-state index contributed by atoms with van der Waals surface area (Å²) in [5.74, 6) is -0.128. The summed E-state index contributed by atoms with van der Waals surface area (Å²) >= 11 is 0. The highest BCUT2D eigenvalue weighted by atomic mass is 16.4. The summed E-state index contributed by atoms with van der Waals surface area (Å²) in [4.78, 5) is 13.3. The van der Waals surface area contributed by atoms with E-state index < -0.39 is 5.97 Å². The van der Waals surface area contributed by atoms with Crippen LogP contribution in [0.3, 0.4) is 0 Å². The van der Waals surface area contributed by atoms with Crippen molar-refractivity contribution in [1.29, 1.82) is 0 Å². The Morgan fingerprint density at radius 2 is 1.68 bits per heavy atom. The molecule has 2 aliphatic rings. The Bertz CT molecular complexity index is 821. The molecule has 1 aliphatic carbocycles. The molecule has 0 saturated carbocycles. The summed E-state index contributed by atoms with van der Waals surface area (Å²) < 4.78 is 0. The predicted octanol–water partition coefficient (Wildman–Crippen LogP) is 4.79. The zero-order chi connectivity index (χ0) is 19.3. The van der Waals surface area contributed by atoms with Gasteiger partial charge in [0, 0.05) is 19.5 Å². The summed E-state index contributed by atoms with van der Waals surface area (Å²) in [6, 6.07) is 17.7. The van der Waals surface area contributed by atoms with Gasteiger partial charge in [-0.15, -0.1) is 0 Å². The van der Waals surface area contributed by atoms with Crippen LogP contribution >= 0.6 is 0 Å². The molecule has 0 aromatic heterocycles. The van der Waals surface area contributed by atoms with Crippen LogP contribution in [-0.4, -0.2) is 35.6 Å². The van der Waals surface area contributed by atoms with Crippen molar-refractivity contribution in [2.24, 2.45) is 5.92 Å². The molecule has 1 atom stereocenters. The highest BCUT2D eigenvalue weighted by molar-refractivity contribution is 5.83. The Hall–Kier alpha value is -2.39. The second-order valence-electron chi connectivity index (χ2n) is 8.11.